The Morgan fingerprint density at radius 2 is 1.68 bits per heavy atom. The summed E-state index contributed by atoms with van der Waals surface area (Å²) in [5.41, 5.74) is 4.75. The number of halogens is 1. The lowest BCUT2D eigenvalue weighted by Gasteiger charge is -2.34. The van der Waals surface area contributed by atoms with Crippen LogP contribution in [0.15, 0.2) is 66.7 Å². The molecule has 1 amide bonds. The Hall–Kier alpha value is -3.06. The number of hydrogen-bond acceptors (Lipinski definition) is 5. The van der Waals surface area contributed by atoms with Crippen molar-refractivity contribution in [3.63, 3.8) is 0 Å². The van der Waals surface area contributed by atoms with Crippen molar-refractivity contribution in [2.75, 3.05) is 27.3 Å². The maximum absolute atomic E-state index is 13.9. The maximum Gasteiger partial charge on any atom is 0.240 e. The van der Waals surface area contributed by atoms with E-state index in [0.717, 1.165) is 48.8 Å². The number of carbonyl (C=O) groups excluding carboxylic acids is 1. The van der Waals surface area contributed by atoms with Gasteiger partial charge in [-0.05, 0) is 59.4 Å². The van der Waals surface area contributed by atoms with Crippen LogP contribution in [0.4, 0.5) is 0 Å². The van der Waals surface area contributed by atoms with Crippen molar-refractivity contribution in [1.82, 2.24) is 15.1 Å². The number of carbonyl (C=O) groups is 1. The molecular formula is C30H34ClN3O3. The van der Waals surface area contributed by atoms with Gasteiger partial charge in [-0.3, -0.25) is 9.69 Å². The Morgan fingerprint density at radius 1 is 0.973 bits per heavy atom. The van der Waals surface area contributed by atoms with Crippen LogP contribution in [0.3, 0.4) is 0 Å². The zero-order valence-corrected chi connectivity index (χ0v) is 22.2. The Labute approximate surface area is 224 Å². The molecule has 0 saturated carbocycles. The number of amides is 1. The van der Waals surface area contributed by atoms with E-state index in [1.807, 2.05) is 47.4 Å². The minimum atomic E-state index is -0.162. The van der Waals surface area contributed by atoms with E-state index in [1.165, 1.54) is 16.7 Å². The largest absolute Gasteiger partial charge is 0.493 e. The number of fused-ring (bicyclic) bond motifs is 1. The van der Waals surface area contributed by atoms with Crippen LogP contribution in [0, 0.1) is 0 Å². The lowest BCUT2D eigenvalue weighted by Crippen LogP contribution is -2.47. The summed E-state index contributed by atoms with van der Waals surface area (Å²) in [5, 5.41) is 4.42. The molecule has 1 N–H and O–H groups in total. The Bertz CT molecular complexity index is 1220. The van der Waals surface area contributed by atoms with Crippen LogP contribution in [0.2, 0.25) is 5.02 Å². The van der Waals surface area contributed by atoms with Gasteiger partial charge in [0.25, 0.3) is 0 Å². The minimum Gasteiger partial charge on any atom is -0.493 e. The molecule has 2 heterocycles. The van der Waals surface area contributed by atoms with Gasteiger partial charge in [0.1, 0.15) is 0 Å². The maximum atomic E-state index is 13.9. The lowest BCUT2D eigenvalue weighted by atomic mass is 9.98. The quantitative estimate of drug-likeness (QED) is 0.468. The molecular weight excluding hydrogens is 486 g/mol. The Kier molecular flexibility index (Phi) is 7.99. The number of nitrogens with zero attached hydrogens (tertiary/aromatic N) is 2. The summed E-state index contributed by atoms with van der Waals surface area (Å²) in [6.45, 7) is 3.63. The van der Waals surface area contributed by atoms with E-state index < -0.39 is 0 Å². The topological polar surface area (TPSA) is 54.0 Å². The first-order valence-corrected chi connectivity index (χ1v) is 13.2. The molecule has 37 heavy (non-hydrogen) atoms. The first-order valence-electron chi connectivity index (χ1n) is 12.8. The molecule has 3 aromatic carbocycles. The third-order valence-corrected chi connectivity index (χ3v) is 7.71. The molecule has 2 aliphatic rings. The number of hydrogen-bond donors (Lipinski definition) is 1. The number of rotatable bonds is 8. The predicted octanol–water partition coefficient (Wildman–Crippen LogP) is 4.67. The molecule has 0 spiro atoms. The summed E-state index contributed by atoms with van der Waals surface area (Å²) in [7, 11) is 3.30. The van der Waals surface area contributed by atoms with E-state index in [1.54, 1.807) is 14.2 Å². The van der Waals surface area contributed by atoms with Crippen LogP contribution in [-0.2, 0) is 30.8 Å². The first-order chi connectivity index (χ1) is 18.0. The summed E-state index contributed by atoms with van der Waals surface area (Å²) in [6, 6.07) is 22.5. The number of ether oxygens (including phenoxy) is 2. The molecule has 5 rings (SSSR count). The minimum absolute atomic E-state index is 0.162. The monoisotopic (exact) mass is 519 g/mol. The average Bonchev–Trinajstić information content (AvgIpc) is 3.34. The fraction of sp³-hybridized carbons (Fsp3) is 0.367. The number of benzene rings is 3. The normalized spacial score (nSPS) is 19.5. The fourth-order valence-corrected chi connectivity index (χ4v) is 5.57. The van der Waals surface area contributed by atoms with Crippen LogP contribution >= 0.6 is 11.6 Å². The van der Waals surface area contributed by atoms with Crippen molar-refractivity contribution in [3.05, 3.63) is 94.0 Å². The second kappa shape index (κ2) is 11.5. The van der Waals surface area contributed by atoms with Gasteiger partial charge >= 0.3 is 0 Å². The van der Waals surface area contributed by atoms with Crippen molar-refractivity contribution in [1.29, 1.82) is 0 Å². The molecule has 6 nitrogen and oxygen atoms in total. The molecule has 1 fully saturated rings. The molecule has 2 atom stereocenters. The molecule has 0 radical (unpaired) electrons. The fourth-order valence-electron chi connectivity index (χ4n) is 5.45. The van der Waals surface area contributed by atoms with Crippen LogP contribution in [0.25, 0.3) is 0 Å². The zero-order chi connectivity index (χ0) is 25.8. The van der Waals surface area contributed by atoms with E-state index in [2.05, 4.69) is 34.5 Å². The van der Waals surface area contributed by atoms with Crippen LogP contribution in [-0.4, -0.2) is 55.1 Å². The van der Waals surface area contributed by atoms with E-state index >= 15 is 0 Å². The van der Waals surface area contributed by atoms with Gasteiger partial charge in [-0.1, -0.05) is 54.1 Å². The van der Waals surface area contributed by atoms with Crippen LogP contribution in [0.1, 0.15) is 28.7 Å². The van der Waals surface area contributed by atoms with E-state index in [-0.39, 0.29) is 18.0 Å². The van der Waals surface area contributed by atoms with Crippen molar-refractivity contribution < 1.29 is 14.3 Å². The highest BCUT2D eigenvalue weighted by Crippen LogP contribution is 2.34. The summed E-state index contributed by atoms with van der Waals surface area (Å²) in [4.78, 5) is 18.3. The van der Waals surface area contributed by atoms with Gasteiger partial charge in [-0.2, -0.15) is 0 Å². The van der Waals surface area contributed by atoms with Crippen LogP contribution in [0.5, 0.6) is 11.5 Å². The van der Waals surface area contributed by atoms with Gasteiger partial charge in [0.05, 0.1) is 20.3 Å². The summed E-state index contributed by atoms with van der Waals surface area (Å²) in [5.74, 6) is 1.64. The third-order valence-electron chi connectivity index (χ3n) is 7.45. The molecule has 194 valence electrons. The Morgan fingerprint density at radius 3 is 2.38 bits per heavy atom. The highest BCUT2D eigenvalue weighted by atomic mass is 35.5. The summed E-state index contributed by atoms with van der Waals surface area (Å²) >= 11 is 6.04. The van der Waals surface area contributed by atoms with Gasteiger partial charge in [0.15, 0.2) is 11.5 Å². The molecule has 0 aliphatic carbocycles. The molecule has 1 saturated heterocycles. The SMILES string of the molecule is COc1cc2c(cc1OC)CN(C(=O)[C@@H]1C[C@H](NCc3ccc(Cl)cc3)CN1Cc1ccccc1)CC2. The van der Waals surface area contributed by atoms with E-state index in [4.69, 9.17) is 21.1 Å². The molecule has 7 heteroatoms. The lowest BCUT2D eigenvalue weighted by molar-refractivity contribution is -0.137. The average molecular weight is 520 g/mol. The van der Waals surface area contributed by atoms with Crippen molar-refractivity contribution in [2.24, 2.45) is 0 Å². The van der Waals surface area contributed by atoms with Crippen molar-refractivity contribution >= 4 is 17.5 Å². The summed E-state index contributed by atoms with van der Waals surface area (Å²) < 4.78 is 11.0. The number of nitrogens with one attached hydrogen (secondary N) is 1. The second-order valence-electron chi connectivity index (χ2n) is 9.86. The van der Waals surface area contributed by atoms with Gasteiger partial charge in [-0.25, -0.2) is 0 Å². The van der Waals surface area contributed by atoms with Gasteiger partial charge < -0.3 is 19.7 Å². The van der Waals surface area contributed by atoms with Crippen molar-refractivity contribution in [2.45, 2.75) is 44.6 Å². The highest BCUT2D eigenvalue weighted by molar-refractivity contribution is 6.30. The highest BCUT2D eigenvalue weighted by Gasteiger charge is 2.39. The van der Waals surface area contributed by atoms with Gasteiger partial charge in [0, 0.05) is 43.8 Å². The second-order valence-corrected chi connectivity index (χ2v) is 10.3. The van der Waals surface area contributed by atoms with E-state index in [0.29, 0.717) is 18.8 Å². The molecule has 0 bridgehead atoms. The predicted molar refractivity (Wildman–Crippen MR) is 146 cm³/mol. The van der Waals surface area contributed by atoms with Gasteiger partial charge in [-0.15, -0.1) is 0 Å². The molecule has 3 aromatic rings. The number of likely N-dealkylation sites (tertiary alicyclic amines) is 1. The van der Waals surface area contributed by atoms with Crippen LogP contribution < -0.4 is 14.8 Å². The standard InChI is InChI=1S/C30H34ClN3O3/c1-36-28-14-23-12-13-33(19-24(23)15-29(28)37-2)30(35)27-16-26(32-17-21-8-10-25(31)11-9-21)20-34(27)18-22-6-4-3-5-7-22/h3-11,14-15,26-27,32H,12-13,16-20H2,1-2H3/t26-,27-/m0/s1. The summed E-state index contributed by atoms with van der Waals surface area (Å²) in [6.07, 6.45) is 1.60. The van der Waals surface area contributed by atoms with Crippen molar-refractivity contribution in [3.8, 4) is 11.5 Å². The number of methoxy groups -OCH3 is 2. The first kappa shape index (κ1) is 25.6. The molecule has 2 aliphatic heterocycles. The third kappa shape index (κ3) is 5.93. The smallest absolute Gasteiger partial charge is 0.240 e. The van der Waals surface area contributed by atoms with Gasteiger partial charge in [0.2, 0.25) is 5.91 Å². The molecule has 0 unspecified atom stereocenters. The van der Waals surface area contributed by atoms with E-state index in [9.17, 15) is 4.79 Å². The zero-order valence-electron chi connectivity index (χ0n) is 21.5. The Balaban J connectivity index is 1.31. The molecule has 0 aromatic heterocycles.